The van der Waals surface area contributed by atoms with Crippen LogP contribution in [0.5, 0.6) is 0 Å². The second kappa shape index (κ2) is 8.12. The first kappa shape index (κ1) is 21.6. The molecule has 0 aromatic heterocycles. The summed E-state index contributed by atoms with van der Waals surface area (Å²) < 4.78 is 6.07. The summed E-state index contributed by atoms with van der Waals surface area (Å²) in [6, 6.07) is 21.2. The van der Waals surface area contributed by atoms with Crippen LogP contribution in [0, 0.1) is 16.7 Å². The van der Waals surface area contributed by atoms with Gasteiger partial charge in [-0.3, -0.25) is 4.79 Å². The predicted molar refractivity (Wildman–Crippen MR) is 126 cm³/mol. The fourth-order valence-electron chi connectivity index (χ4n) is 4.54. The molecule has 1 saturated heterocycles. The van der Waals surface area contributed by atoms with Gasteiger partial charge in [0.05, 0.1) is 6.10 Å². The van der Waals surface area contributed by atoms with Gasteiger partial charge in [-0.25, -0.2) is 0 Å². The van der Waals surface area contributed by atoms with Gasteiger partial charge in [-0.2, -0.15) is 0 Å². The molecule has 0 bridgehead atoms. The number of ether oxygens (including phenoxy) is 1. The number of carbonyl (C=O) groups is 1. The highest BCUT2D eigenvalue weighted by Crippen LogP contribution is 2.50. The third kappa shape index (κ3) is 4.52. The van der Waals surface area contributed by atoms with Crippen molar-refractivity contribution >= 4 is 11.5 Å². The molecule has 1 aliphatic carbocycles. The van der Waals surface area contributed by atoms with Crippen LogP contribution in [0.1, 0.15) is 45.7 Å². The van der Waals surface area contributed by atoms with Gasteiger partial charge in [-0.15, -0.1) is 0 Å². The number of hydrogen-bond donors (Lipinski definition) is 1. The molecule has 1 fully saturated rings. The van der Waals surface area contributed by atoms with Crippen LogP contribution in [-0.2, 0) is 9.53 Å². The lowest BCUT2D eigenvalue weighted by atomic mass is 9.67. The summed E-state index contributed by atoms with van der Waals surface area (Å²) in [5, 5.41) is 3.20. The van der Waals surface area contributed by atoms with Gasteiger partial charge in [0.25, 0.3) is 0 Å². The highest BCUT2D eigenvalue weighted by atomic mass is 16.6. The Morgan fingerprint density at radius 2 is 1.45 bits per heavy atom. The van der Waals surface area contributed by atoms with E-state index in [1.807, 2.05) is 20.8 Å². The second-order valence-electron chi connectivity index (χ2n) is 10.4. The Balaban J connectivity index is 1.78. The molecule has 3 nitrogen and oxygen atoms in total. The molecule has 0 spiro atoms. The topological polar surface area (TPSA) is 41.6 Å². The van der Waals surface area contributed by atoms with Crippen molar-refractivity contribution in [2.75, 3.05) is 6.54 Å². The molecule has 1 heterocycles. The van der Waals surface area contributed by atoms with E-state index in [0.717, 1.165) is 0 Å². The molecule has 3 heteroatoms. The number of allylic oxidation sites excluding steroid dienone is 1. The van der Waals surface area contributed by atoms with Crippen molar-refractivity contribution in [3.63, 3.8) is 0 Å². The number of amides is 1. The van der Waals surface area contributed by atoms with E-state index >= 15 is 0 Å². The van der Waals surface area contributed by atoms with Gasteiger partial charge in [0, 0.05) is 17.9 Å². The highest BCUT2D eigenvalue weighted by Gasteiger charge is 2.53. The number of hydrogen-bond acceptors (Lipinski definition) is 2. The quantitative estimate of drug-likeness (QED) is 0.643. The maximum atomic E-state index is 12.6. The molecular formula is C28H33NO2. The summed E-state index contributed by atoms with van der Waals surface area (Å²) in [6.07, 6.45) is 4.77. The Hall–Kier alpha value is -2.65. The molecule has 0 radical (unpaired) electrons. The molecule has 0 saturated carbocycles. The molecule has 162 valence electrons. The Bertz CT molecular complexity index is 955. The highest BCUT2D eigenvalue weighted by molar-refractivity contribution is 5.84. The van der Waals surface area contributed by atoms with Crippen LogP contribution >= 0.6 is 0 Å². The first-order valence-corrected chi connectivity index (χ1v) is 11.2. The fraction of sp³-hybridized carbons (Fsp3) is 0.393. The molecule has 3 atom stereocenters. The maximum Gasteiger partial charge on any atom is 0.225 e. The lowest BCUT2D eigenvalue weighted by molar-refractivity contribution is -0.129. The van der Waals surface area contributed by atoms with Crippen LogP contribution in [0.25, 0.3) is 5.57 Å². The summed E-state index contributed by atoms with van der Waals surface area (Å²) in [5.41, 5.74) is 4.35. The standard InChI is InChI=1S/C28H33NO2/c1-27(2,3)26(30)29-18-28(4,5)24-21(16-17-22-25(24)31-22)23(19-12-8-6-9-13-19)20-14-10-7-11-15-20/h6-17,22,24-25H,18H2,1-5H3,(H,29,30). The zero-order chi connectivity index (χ0) is 22.2. The SMILES string of the molecule is CC(C)(C)C(=O)NCC(C)(C)C1C(=C(c2ccccc2)c2ccccc2)C=CC2OC21. The summed E-state index contributed by atoms with van der Waals surface area (Å²) >= 11 is 0. The minimum Gasteiger partial charge on any atom is -0.364 e. The van der Waals surface area contributed by atoms with E-state index in [1.54, 1.807) is 0 Å². The number of rotatable bonds is 5. The minimum atomic E-state index is -0.404. The van der Waals surface area contributed by atoms with Gasteiger partial charge in [-0.1, -0.05) is 107 Å². The van der Waals surface area contributed by atoms with Crippen molar-refractivity contribution in [3.05, 3.63) is 89.5 Å². The zero-order valence-electron chi connectivity index (χ0n) is 19.2. The van der Waals surface area contributed by atoms with Crippen LogP contribution in [0.15, 0.2) is 78.4 Å². The molecule has 1 aliphatic heterocycles. The number of carbonyl (C=O) groups excluding carboxylic acids is 1. The number of epoxide rings is 1. The van der Waals surface area contributed by atoms with E-state index in [1.165, 1.54) is 22.3 Å². The molecule has 2 aromatic rings. The molecule has 31 heavy (non-hydrogen) atoms. The zero-order valence-corrected chi connectivity index (χ0v) is 19.2. The van der Waals surface area contributed by atoms with Crippen LogP contribution in [-0.4, -0.2) is 24.7 Å². The van der Waals surface area contributed by atoms with E-state index < -0.39 is 5.41 Å². The largest absolute Gasteiger partial charge is 0.364 e. The Kier molecular flexibility index (Phi) is 5.65. The second-order valence-corrected chi connectivity index (χ2v) is 10.4. The average molecular weight is 416 g/mol. The first-order chi connectivity index (χ1) is 14.7. The van der Waals surface area contributed by atoms with E-state index in [4.69, 9.17) is 4.74 Å². The molecule has 3 unspecified atom stereocenters. The van der Waals surface area contributed by atoms with Gasteiger partial charge < -0.3 is 10.1 Å². The van der Waals surface area contributed by atoms with Gasteiger partial charge in [0.2, 0.25) is 5.91 Å². The third-order valence-corrected chi connectivity index (χ3v) is 6.33. The Labute approximate surface area is 186 Å². The van der Waals surface area contributed by atoms with Gasteiger partial charge in [0.1, 0.15) is 6.10 Å². The normalized spacial score (nSPS) is 22.6. The summed E-state index contributed by atoms with van der Waals surface area (Å²) in [6.45, 7) is 10.9. The number of nitrogens with one attached hydrogen (secondary N) is 1. The van der Waals surface area contributed by atoms with E-state index in [-0.39, 0.29) is 29.4 Å². The van der Waals surface area contributed by atoms with Crippen LogP contribution in [0.4, 0.5) is 0 Å². The number of benzene rings is 2. The summed E-state index contributed by atoms with van der Waals surface area (Å²) in [7, 11) is 0. The maximum absolute atomic E-state index is 12.6. The van der Waals surface area contributed by atoms with Crippen molar-refractivity contribution in [1.29, 1.82) is 0 Å². The smallest absolute Gasteiger partial charge is 0.225 e. The van der Waals surface area contributed by atoms with Gasteiger partial charge in [0.15, 0.2) is 0 Å². The van der Waals surface area contributed by atoms with Crippen molar-refractivity contribution < 1.29 is 9.53 Å². The molecule has 1 amide bonds. The molecule has 2 aromatic carbocycles. The monoisotopic (exact) mass is 415 g/mol. The summed E-state index contributed by atoms with van der Waals surface area (Å²) in [5.74, 6) is 0.259. The predicted octanol–water partition coefficient (Wildman–Crippen LogP) is 5.63. The molecule has 1 N–H and O–H groups in total. The van der Waals surface area contributed by atoms with Gasteiger partial charge >= 0.3 is 0 Å². The summed E-state index contributed by atoms with van der Waals surface area (Å²) in [4.78, 5) is 12.6. The number of fused-ring (bicyclic) bond motifs is 1. The lowest BCUT2D eigenvalue weighted by Gasteiger charge is -2.38. The molecule has 2 aliphatic rings. The average Bonchev–Trinajstić information content (AvgIpc) is 3.52. The molecular weight excluding hydrogens is 382 g/mol. The minimum absolute atomic E-state index is 0.0806. The van der Waals surface area contributed by atoms with Gasteiger partial charge in [-0.05, 0) is 27.7 Å². The van der Waals surface area contributed by atoms with E-state index in [2.05, 4.69) is 92.0 Å². The van der Waals surface area contributed by atoms with Crippen LogP contribution in [0.3, 0.4) is 0 Å². The third-order valence-electron chi connectivity index (χ3n) is 6.33. The Morgan fingerprint density at radius 3 is 1.97 bits per heavy atom. The first-order valence-electron chi connectivity index (χ1n) is 11.2. The van der Waals surface area contributed by atoms with Crippen molar-refractivity contribution in [3.8, 4) is 0 Å². The fourth-order valence-corrected chi connectivity index (χ4v) is 4.54. The van der Waals surface area contributed by atoms with E-state index in [9.17, 15) is 4.79 Å². The van der Waals surface area contributed by atoms with E-state index in [0.29, 0.717) is 6.54 Å². The van der Waals surface area contributed by atoms with Crippen LogP contribution in [0.2, 0.25) is 0 Å². The van der Waals surface area contributed by atoms with Crippen molar-refractivity contribution in [2.45, 2.75) is 46.8 Å². The lowest BCUT2D eigenvalue weighted by Crippen LogP contribution is -2.45. The Morgan fingerprint density at radius 1 is 0.903 bits per heavy atom. The van der Waals surface area contributed by atoms with Crippen molar-refractivity contribution in [1.82, 2.24) is 5.32 Å². The van der Waals surface area contributed by atoms with Crippen molar-refractivity contribution in [2.24, 2.45) is 16.7 Å². The molecule has 4 rings (SSSR count). The van der Waals surface area contributed by atoms with Crippen LogP contribution < -0.4 is 5.32 Å².